The van der Waals surface area contributed by atoms with Crippen LogP contribution < -0.4 is 10.2 Å². The van der Waals surface area contributed by atoms with E-state index >= 15 is 0 Å². The van der Waals surface area contributed by atoms with Gasteiger partial charge in [-0.15, -0.1) is 0 Å². The molecule has 2 aliphatic rings. The molecule has 0 radical (unpaired) electrons. The van der Waals surface area contributed by atoms with E-state index in [0.29, 0.717) is 17.7 Å². The summed E-state index contributed by atoms with van der Waals surface area (Å²) < 4.78 is 13.8. The fourth-order valence-electron chi connectivity index (χ4n) is 3.52. The molecule has 4 rings (SSSR count). The smallest absolute Gasteiger partial charge is 0.228 e. The first kappa shape index (κ1) is 17.0. The van der Waals surface area contributed by atoms with E-state index in [9.17, 15) is 9.18 Å². The van der Waals surface area contributed by atoms with Crippen molar-refractivity contribution in [3.8, 4) is 0 Å². The van der Waals surface area contributed by atoms with Gasteiger partial charge in [-0.1, -0.05) is 18.2 Å². The number of piperazine rings is 1. The van der Waals surface area contributed by atoms with E-state index in [4.69, 9.17) is 0 Å². The first-order chi connectivity index (χ1) is 12.6. The van der Waals surface area contributed by atoms with Crippen LogP contribution in [0.4, 0.5) is 15.9 Å². The number of nitrogens with one attached hydrogen (secondary N) is 1. The number of halogens is 1. The van der Waals surface area contributed by atoms with Gasteiger partial charge in [-0.3, -0.25) is 4.79 Å². The zero-order chi connectivity index (χ0) is 18.1. The zero-order valence-electron chi connectivity index (χ0n) is 14.9. The predicted molar refractivity (Wildman–Crippen MR) is 99.8 cm³/mol. The summed E-state index contributed by atoms with van der Waals surface area (Å²) in [6.07, 6.45) is 2.39. The molecule has 1 aliphatic heterocycles. The van der Waals surface area contributed by atoms with Crippen LogP contribution in [0.3, 0.4) is 0 Å². The predicted octanol–water partition coefficient (Wildman–Crippen LogP) is 2.71. The average molecular weight is 354 g/mol. The van der Waals surface area contributed by atoms with Crippen molar-refractivity contribution < 1.29 is 9.18 Å². The molecule has 1 amide bonds. The molecule has 1 aromatic carbocycles. The Hall–Kier alpha value is -2.47. The van der Waals surface area contributed by atoms with Gasteiger partial charge in [0.2, 0.25) is 5.91 Å². The molecule has 136 valence electrons. The molecule has 6 heteroatoms. The molecule has 2 heterocycles. The second-order valence-corrected chi connectivity index (χ2v) is 7.15. The van der Waals surface area contributed by atoms with Crippen molar-refractivity contribution in [3.63, 3.8) is 0 Å². The van der Waals surface area contributed by atoms with Crippen LogP contribution in [0.25, 0.3) is 0 Å². The third kappa shape index (κ3) is 3.55. The monoisotopic (exact) mass is 354 g/mol. The van der Waals surface area contributed by atoms with Crippen LogP contribution in [0.15, 0.2) is 42.6 Å². The van der Waals surface area contributed by atoms with E-state index < -0.39 is 0 Å². The lowest BCUT2D eigenvalue weighted by Gasteiger charge is -2.33. The second kappa shape index (κ2) is 7.03. The summed E-state index contributed by atoms with van der Waals surface area (Å²) in [5.74, 6) is 0.461. The minimum atomic E-state index is -0.231. The van der Waals surface area contributed by atoms with E-state index in [1.54, 1.807) is 18.3 Å². The number of carbonyl (C=O) groups is 1. The van der Waals surface area contributed by atoms with Crippen molar-refractivity contribution in [2.24, 2.45) is 5.92 Å². The number of hydrogen-bond donors (Lipinski definition) is 1. The van der Waals surface area contributed by atoms with Gasteiger partial charge in [-0.2, -0.15) is 0 Å². The molecular formula is C20H23FN4O. The molecule has 2 fully saturated rings. The minimum Gasteiger partial charge on any atom is -0.354 e. The lowest BCUT2D eigenvalue weighted by molar-refractivity contribution is -0.117. The number of carbonyl (C=O) groups excluding carboxylic acids is 1. The van der Waals surface area contributed by atoms with Crippen LogP contribution in [0, 0.1) is 11.7 Å². The second-order valence-electron chi connectivity index (χ2n) is 7.15. The lowest BCUT2D eigenvalue weighted by atomic mass is 10.1. The third-order valence-electron chi connectivity index (χ3n) is 5.27. The molecule has 1 aliphatic carbocycles. The van der Waals surface area contributed by atoms with E-state index in [2.05, 4.69) is 27.1 Å². The summed E-state index contributed by atoms with van der Waals surface area (Å²) in [4.78, 5) is 21.4. The summed E-state index contributed by atoms with van der Waals surface area (Å²) in [7, 11) is 2.12. The summed E-state index contributed by atoms with van der Waals surface area (Å²) in [6.45, 7) is 3.97. The van der Waals surface area contributed by atoms with Gasteiger partial charge in [-0.05, 0) is 43.1 Å². The Bertz CT molecular complexity index is 787. The van der Waals surface area contributed by atoms with E-state index in [1.165, 1.54) is 6.07 Å². The van der Waals surface area contributed by atoms with Crippen molar-refractivity contribution in [2.75, 3.05) is 43.4 Å². The van der Waals surface area contributed by atoms with Crippen LogP contribution in [-0.2, 0) is 4.79 Å². The van der Waals surface area contributed by atoms with Crippen LogP contribution in [0.1, 0.15) is 17.9 Å². The summed E-state index contributed by atoms with van der Waals surface area (Å²) >= 11 is 0. The maximum Gasteiger partial charge on any atom is 0.228 e. The van der Waals surface area contributed by atoms with Crippen molar-refractivity contribution in [1.29, 1.82) is 0 Å². The fourth-order valence-corrected chi connectivity index (χ4v) is 3.52. The number of benzene rings is 1. The molecule has 0 spiro atoms. The number of nitrogens with zero attached hydrogens (tertiary/aromatic N) is 3. The molecule has 1 aromatic heterocycles. The maximum absolute atomic E-state index is 13.8. The SMILES string of the molecule is CN1CCN(c2ccc(NC(=O)C3CC3c3ccccc3F)cn2)CC1. The Morgan fingerprint density at radius 2 is 1.92 bits per heavy atom. The average Bonchev–Trinajstić information content (AvgIpc) is 3.44. The molecule has 2 aromatic rings. The van der Waals surface area contributed by atoms with Gasteiger partial charge in [-0.25, -0.2) is 9.37 Å². The highest BCUT2D eigenvalue weighted by atomic mass is 19.1. The highest BCUT2D eigenvalue weighted by Crippen LogP contribution is 2.48. The Kier molecular flexibility index (Phi) is 4.59. The molecule has 1 N–H and O–H groups in total. The molecular weight excluding hydrogens is 331 g/mol. The Morgan fingerprint density at radius 1 is 1.15 bits per heavy atom. The maximum atomic E-state index is 13.8. The first-order valence-electron chi connectivity index (χ1n) is 9.06. The molecule has 2 unspecified atom stereocenters. The minimum absolute atomic E-state index is 0.0197. The summed E-state index contributed by atoms with van der Waals surface area (Å²) in [5, 5.41) is 2.91. The van der Waals surface area contributed by atoms with Gasteiger partial charge in [0.15, 0.2) is 0 Å². The van der Waals surface area contributed by atoms with Crippen molar-refractivity contribution in [2.45, 2.75) is 12.3 Å². The number of pyridine rings is 1. The van der Waals surface area contributed by atoms with E-state index in [0.717, 1.165) is 32.0 Å². The molecule has 1 saturated carbocycles. The number of aromatic nitrogens is 1. The molecule has 5 nitrogen and oxygen atoms in total. The highest BCUT2D eigenvalue weighted by molar-refractivity contribution is 5.95. The van der Waals surface area contributed by atoms with E-state index in [1.807, 2.05) is 18.2 Å². The Morgan fingerprint density at radius 3 is 2.62 bits per heavy atom. The number of hydrogen-bond acceptors (Lipinski definition) is 4. The van der Waals surface area contributed by atoms with Crippen LogP contribution in [0.5, 0.6) is 0 Å². The van der Waals surface area contributed by atoms with Gasteiger partial charge < -0.3 is 15.1 Å². The lowest BCUT2D eigenvalue weighted by Crippen LogP contribution is -2.44. The fraction of sp³-hybridized carbons (Fsp3) is 0.400. The quantitative estimate of drug-likeness (QED) is 0.917. The Labute approximate surface area is 152 Å². The van der Waals surface area contributed by atoms with Gasteiger partial charge in [0.1, 0.15) is 11.6 Å². The largest absolute Gasteiger partial charge is 0.354 e. The summed E-state index contributed by atoms with van der Waals surface area (Å²) in [5.41, 5.74) is 1.32. The third-order valence-corrected chi connectivity index (χ3v) is 5.27. The van der Waals surface area contributed by atoms with Gasteiger partial charge in [0.05, 0.1) is 11.9 Å². The highest BCUT2D eigenvalue weighted by Gasteiger charge is 2.45. The first-order valence-corrected chi connectivity index (χ1v) is 9.06. The standard InChI is InChI=1S/C20H23FN4O/c1-24-8-10-25(11-9-24)19-7-6-14(13-22-19)23-20(26)17-12-16(17)15-4-2-3-5-18(15)21/h2-7,13,16-17H,8-12H2,1H3,(H,23,26). The molecule has 1 saturated heterocycles. The van der Waals surface area contributed by atoms with Gasteiger partial charge >= 0.3 is 0 Å². The number of amides is 1. The summed E-state index contributed by atoms with van der Waals surface area (Å²) in [6, 6.07) is 10.5. The van der Waals surface area contributed by atoms with Crippen LogP contribution in [-0.4, -0.2) is 49.0 Å². The van der Waals surface area contributed by atoms with Crippen LogP contribution >= 0.6 is 0 Å². The van der Waals surface area contributed by atoms with Crippen molar-refractivity contribution >= 4 is 17.4 Å². The molecule has 26 heavy (non-hydrogen) atoms. The van der Waals surface area contributed by atoms with Crippen LogP contribution in [0.2, 0.25) is 0 Å². The van der Waals surface area contributed by atoms with Gasteiger partial charge in [0, 0.05) is 32.1 Å². The number of anilines is 2. The molecule has 0 bridgehead atoms. The Balaban J connectivity index is 1.35. The zero-order valence-corrected chi connectivity index (χ0v) is 14.9. The number of rotatable bonds is 4. The van der Waals surface area contributed by atoms with E-state index in [-0.39, 0.29) is 23.6 Å². The normalized spacial score (nSPS) is 22.9. The van der Waals surface area contributed by atoms with Gasteiger partial charge in [0.25, 0.3) is 0 Å². The van der Waals surface area contributed by atoms with Crippen molar-refractivity contribution in [1.82, 2.24) is 9.88 Å². The topological polar surface area (TPSA) is 48.5 Å². The molecule has 2 atom stereocenters. The number of likely N-dealkylation sites (N-methyl/N-ethyl adjacent to an activating group) is 1. The van der Waals surface area contributed by atoms with Crippen molar-refractivity contribution in [3.05, 3.63) is 54.0 Å².